The molecule has 6 heteroatoms. The Balaban J connectivity index is 3.00. The van der Waals surface area contributed by atoms with Gasteiger partial charge in [-0.2, -0.15) is 0 Å². The van der Waals surface area contributed by atoms with Gasteiger partial charge in [-0.1, -0.05) is 16.8 Å². The third-order valence-corrected chi connectivity index (χ3v) is 2.95. The van der Waals surface area contributed by atoms with Gasteiger partial charge in [0.25, 0.3) is 5.91 Å². The Morgan fingerprint density at radius 2 is 2.11 bits per heavy atom. The topological polar surface area (TPSA) is 78.9 Å². The second-order valence-electron chi connectivity index (χ2n) is 4.13. The zero-order valence-electron chi connectivity index (χ0n) is 10.5. The van der Waals surface area contributed by atoms with Crippen molar-refractivity contribution in [2.75, 3.05) is 7.05 Å². The molecule has 5 nitrogen and oxygen atoms in total. The highest BCUT2D eigenvalue weighted by molar-refractivity contribution is 6.31. The Hall–Kier alpha value is -1.75. The van der Waals surface area contributed by atoms with Crippen molar-refractivity contribution in [3.05, 3.63) is 34.3 Å². The Morgan fingerprint density at radius 3 is 2.61 bits per heavy atom. The summed E-state index contributed by atoms with van der Waals surface area (Å²) in [5.41, 5.74) is 6.84. The summed E-state index contributed by atoms with van der Waals surface area (Å²) in [6, 6.07) is 4.60. The fourth-order valence-corrected chi connectivity index (χ4v) is 1.81. The Morgan fingerprint density at radius 1 is 1.50 bits per heavy atom. The maximum absolute atomic E-state index is 12.2. The molecule has 0 bridgehead atoms. The summed E-state index contributed by atoms with van der Waals surface area (Å²) < 4.78 is 0. The number of carbonyl (C=O) groups excluding carboxylic acids is 1. The van der Waals surface area contributed by atoms with E-state index in [4.69, 9.17) is 22.5 Å². The molecule has 1 unspecified atom stereocenters. The summed E-state index contributed by atoms with van der Waals surface area (Å²) in [7, 11) is 1.58. The van der Waals surface area contributed by atoms with E-state index in [1.54, 1.807) is 32.2 Å². The number of hydrogen-bond donors (Lipinski definition) is 2. The molecule has 1 aromatic carbocycles. The molecule has 0 aromatic heterocycles. The number of rotatable bonds is 3. The number of amides is 1. The lowest BCUT2D eigenvalue weighted by atomic mass is 10.1. The lowest BCUT2D eigenvalue weighted by Gasteiger charge is -2.24. The van der Waals surface area contributed by atoms with Crippen molar-refractivity contribution in [2.24, 2.45) is 10.9 Å². The Labute approximate surface area is 111 Å². The van der Waals surface area contributed by atoms with Gasteiger partial charge >= 0.3 is 0 Å². The molecule has 0 aliphatic rings. The summed E-state index contributed by atoms with van der Waals surface area (Å²) in [6.45, 7) is 3.53. The molecule has 1 atom stereocenters. The maximum Gasteiger partial charge on any atom is 0.254 e. The van der Waals surface area contributed by atoms with Crippen molar-refractivity contribution in [1.29, 1.82) is 0 Å². The number of hydrogen-bond acceptors (Lipinski definition) is 3. The highest BCUT2D eigenvalue weighted by Crippen LogP contribution is 2.16. The van der Waals surface area contributed by atoms with Crippen LogP contribution in [0.5, 0.6) is 0 Å². The summed E-state index contributed by atoms with van der Waals surface area (Å²) in [5, 5.41) is 12.0. The molecule has 1 rings (SSSR count). The van der Waals surface area contributed by atoms with Crippen molar-refractivity contribution >= 4 is 23.3 Å². The largest absolute Gasteiger partial charge is 0.409 e. The highest BCUT2D eigenvalue weighted by atomic mass is 35.5. The van der Waals surface area contributed by atoms with Crippen molar-refractivity contribution in [3.63, 3.8) is 0 Å². The minimum Gasteiger partial charge on any atom is -0.409 e. The molecule has 0 saturated carbocycles. The van der Waals surface area contributed by atoms with Crippen LogP contribution in [-0.2, 0) is 0 Å². The van der Waals surface area contributed by atoms with E-state index in [9.17, 15) is 4.79 Å². The predicted octanol–water partition coefficient (Wildman–Crippen LogP) is 1.86. The van der Waals surface area contributed by atoms with Crippen LogP contribution in [0.15, 0.2) is 23.4 Å². The maximum atomic E-state index is 12.2. The van der Waals surface area contributed by atoms with Crippen LogP contribution in [0.1, 0.15) is 22.8 Å². The summed E-state index contributed by atoms with van der Waals surface area (Å²) in [4.78, 5) is 13.6. The number of aryl methyl sites for hydroxylation is 1. The van der Waals surface area contributed by atoms with Gasteiger partial charge in [0.05, 0.1) is 6.04 Å². The molecule has 0 radical (unpaired) electrons. The fourth-order valence-electron chi connectivity index (χ4n) is 1.52. The number of amidine groups is 1. The summed E-state index contributed by atoms with van der Waals surface area (Å²) >= 11 is 5.91. The van der Waals surface area contributed by atoms with Crippen LogP contribution in [0.2, 0.25) is 5.02 Å². The average molecular weight is 270 g/mol. The quantitative estimate of drug-likeness (QED) is 0.380. The molecule has 0 saturated heterocycles. The third-order valence-electron chi connectivity index (χ3n) is 2.73. The van der Waals surface area contributed by atoms with Crippen LogP contribution >= 0.6 is 11.6 Å². The number of likely N-dealkylation sites (N-methyl/N-ethyl adjacent to an activating group) is 1. The van der Waals surface area contributed by atoms with E-state index < -0.39 is 6.04 Å². The molecule has 98 valence electrons. The highest BCUT2D eigenvalue weighted by Gasteiger charge is 2.21. The van der Waals surface area contributed by atoms with E-state index in [0.717, 1.165) is 5.56 Å². The van der Waals surface area contributed by atoms with Gasteiger partial charge in [-0.25, -0.2) is 0 Å². The first kappa shape index (κ1) is 14.3. The van der Waals surface area contributed by atoms with Gasteiger partial charge in [0, 0.05) is 17.6 Å². The lowest BCUT2D eigenvalue weighted by Crippen LogP contribution is -2.43. The lowest BCUT2D eigenvalue weighted by molar-refractivity contribution is 0.0776. The molecule has 1 amide bonds. The van der Waals surface area contributed by atoms with Crippen molar-refractivity contribution in [3.8, 4) is 0 Å². The molecule has 0 aliphatic heterocycles. The van der Waals surface area contributed by atoms with Crippen LogP contribution in [0.4, 0.5) is 0 Å². The van der Waals surface area contributed by atoms with Gasteiger partial charge in [-0.15, -0.1) is 0 Å². The molecule has 0 spiro atoms. The number of nitrogens with two attached hydrogens (primary N) is 1. The van der Waals surface area contributed by atoms with E-state index >= 15 is 0 Å². The zero-order chi connectivity index (χ0) is 13.9. The molecule has 3 N–H and O–H groups in total. The molecular weight excluding hydrogens is 254 g/mol. The SMILES string of the molecule is Cc1cc(Cl)cc(C(=O)N(C)C(C)/C(N)=N/O)c1. The first-order valence-electron chi connectivity index (χ1n) is 5.38. The summed E-state index contributed by atoms with van der Waals surface area (Å²) in [5.74, 6) is -0.260. The van der Waals surface area contributed by atoms with E-state index in [2.05, 4.69) is 5.16 Å². The predicted molar refractivity (Wildman–Crippen MR) is 71.2 cm³/mol. The minimum atomic E-state index is -0.498. The monoisotopic (exact) mass is 269 g/mol. The zero-order valence-corrected chi connectivity index (χ0v) is 11.3. The van der Waals surface area contributed by atoms with Crippen LogP contribution in [0, 0.1) is 6.92 Å². The first-order valence-corrected chi connectivity index (χ1v) is 5.76. The van der Waals surface area contributed by atoms with Gasteiger partial charge < -0.3 is 15.8 Å². The second-order valence-corrected chi connectivity index (χ2v) is 4.57. The minimum absolute atomic E-state index is 0.0235. The van der Waals surface area contributed by atoms with Crippen LogP contribution < -0.4 is 5.73 Å². The second kappa shape index (κ2) is 5.73. The van der Waals surface area contributed by atoms with Crippen LogP contribution in [0.25, 0.3) is 0 Å². The molecule has 1 aromatic rings. The molecule has 0 heterocycles. The Bertz CT molecular complexity index is 468. The fraction of sp³-hybridized carbons (Fsp3) is 0.333. The van der Waals surface area contributed by atoms with Crippen LogP contribution in [0.3, 0.4) is 0 Å². The van der Waals surface area contributed by atoms with Crippen molar-refractivity contribution in [2.45, 2.75) is 19.9 Å². The summed E-state index contributed by atoms with van der Waals surface area (Å²) in [6.07, 6.45) is 0. The van der Waals surface area contributed by atoms with E-state index in [0.29, 0.717) is 10.6 Å². The number of benzene rings is 1. The van der Waals surface area contributed by atoms with Crippen molar-refractivity contribution < 1.29 is 10.0 Å². The molecular formula is C12H16ClN3O2. The van der Waals surface area contributed by atoms with Crippen molar-refractivity contribution in [1.82, 2.24) is 4.90 Å². The van der Waals surface area contributed by atoms with Gasteiger partial charge in [-0.3, -0.25) is 4.79 Å². The number of carbonyl (C=O) groups is 1. The number of halogens is 1. The standard InChI is InChI=1S/C12H16ClN3O2/c1-7-4-9(6-10(13)5-7)12(17)16(3)8(2)11(14)15-18/h4-6,8,18H,1-3H3,(H2,14,15). The van der Waals surface area contributed by atoms with Gasteiger partial charge in [0.15, 0.2) is 5.84 Å². The smallest absolute Gasteiger partial charge is 0.254 e. The van der Waals surface area contributed by atoms with Gasteiger partial charge in [0.2, 0.25) is 0 Å². The molecule has 18 heavy (non-hydrogen) atoms. The molecule has 0 aliphatic carbocycles. The first-order chi connectivity index (χ1) is 8.36. The van der Waals surface area contributed by atoms with Gasteiger partial charge in [-0.05, 0) is 37.6 Å². The molecule has 0 fully saturated rings. The Kier molecular flexibility index (Phi) is 4.55. The third kappa shape index (κ3) is 3.13. The van der Waals surface area contributed by atoms with Crippen LogP contribution in [-0.4, -0.2) is 34.9 Å². The van der Waals surface area contributed by atoms with E-state index in [-0.39, 0.29) is 11.7 Å². The number of oxime groups is 1. The normalized spacial score (nSPS) is 13.2. The average Bonchev–Trinajstić information content (AvgIpc) is 2.33. The number of nitrogens with zero attached hydrogens (tertiary/aromatic N) is 2. The van der Waals surface area contributed by atoms with E-state index in [1.807, 2.05) is 6.92 Å². The van der Waals surface area contributed by atoms with Gasteiger partial charge in [0.1, 0.15) is 0 Å². The van der Waals surface area contributed by atoms with E-state index in [1.165, 1.54) is 4.90 Å².